The Labute approximate surface area is 108 Å². The Morgan fingerprint density at radius 2 is 1.94 bits per heavy atom. The Bertz CT molecular complexity index is 341. The van der Waals surface area contributed by atoms with Crippen LogP contribution in [0.15, 0.2) is 30.3 Å². The zero-order valence-electron chi connectivity index (χ0n) is 10.9. The van der Waals surface area contributed by atoms with Crippen molar-refractivity contribution >= 4 is 6.03 Å². The topological polar surface area (TPSA) is 61.4 Å². The predicted octanol–water partition coefficient (Wildman–Crippen LogP) is 1.86. The van der Waals surface area contributed by atoms with Gasteiger partial charge in [-0.1, -0.05) is 30.3 Å². The highest BCUT2D eigenvalue weighted by atomic mass is 16.3. The third-order valence-electron chi connectivity index (χ3n) is 2.86. The first-order valence-corrected chi connectivity index (χ1v) is 6.45. The van der Waals surface area contributed by atoms with E-state index in [1.807, 2.05) is 25.1 Å². The average molecular weight is 250 g/mol. The number of hydrogen-bond donors (Lipinski definition) is 3. The van der Waals surface area contributed by atoms with Gasteiger partial charge in [0, 0.05) is 19.7 Å². The normalized spacial score (nSPS) is 11.9. The maximum Gasteiger partial charge on any atom is 0.314 e. The van der Waals surface area contributed by atoms with Crippen LogP contribution in [0, 0.1) is 0 Å². The largest absolute Gasteiger partial charge is 0.396 e. The molecule has 0 saturated carbocycles. The van der Waals surface area contributed by atoms with Crippen molar-refractivity contribution in [2.75, 3.05) is 19.7 Å². The molecule has 2 amide bonds. The van der Waals surface area contributed by atoms with Gasteiger partial charge in [0.15, 0.2) is 0 Å². The molecule has 4 heteroatoms. The third-order valence-corrected chi connectivity index (χ3v) is 2.86. The van der Waals surface area contributed by atoms with Crippen LogP contribution in [0.25, 0.3) is 0 Å². The summed E-state index contributed by atoms with van der Waals surface area (Å²) in [6.45, 7) is 3.30. The van der Waals surface area contributed by atoms with E-state index in [1.165, 1.54) is 5.56 Å². The zero-order valence-corrected chi connectivity index (χ0v) is 10.9. The first-order chi connectivity index (χ1) is 8.77. The fourth-order valence-electron chi connectivity index (χ4n) is 1.94. The highest BCUT2D eigenvalue weighted by Crippen LogP contribution is 2.22. The summed E-state index contributed by atoms with van der Waals surface area (Å²) in [5.41, 5.74) is 1.21. The second-order valence-corrected chi connectivity index (χ2v) is 4.19. The average Bonchev–Trinajstić information content (AvgIpc) is 2.39. The molecule has 0 saturated heterocycles. The molecule has 0 radical (unpaired) electrons. The lowest BCUT2D eigenvalue weighted by Gasteiger charge is -2.16. The van der Waals surface area contributed by atoms with Crippen molar-refractivity contribution < 1.29 is 9.90 Å². The zero-order chi connectivity index (χ0) is 13.2. The number of aliphatic hydroxyl groups excluding tert-OH is 1. The fraction of sp³-hybridized carbons (Fsp3) is 0.500. The summed E-state index contributed by atoms with van der Waals surface area (Å²) < 4.78 is 0. The molecule has 0 heterocycles. The number of rotatable bonds is 7. The molecule has 1 aromatic carbocycles. The molecular formula is C14H22N2O2. The molecule has 1 atom stereocenters. The molecule has 1 unspecified atom stereocenters. The highest BCUT2D eigenvalue weighted by Gasteiger charge is 2.10. The van der Waals surface area contributed by atoms with Gasteiger partial charge in [0.2, 0.25) is 0 Å². The Hall–Kier alpha value is -1.55. The van der Waals surface area contributed by atoms with Gasteiger partial charge < -0.3 is 15.7 Å². The highest BCUT2D eigenvalue weighted by molar-refractivity contribution is 5.73. The summed E-state index contributed by atoms with van der Waals surface area (Å²) in [5, 5.41) is 14.6. The second-order valence-electron chi connectivity index (χ2n) is 4.19. The minimum atomic E-state index is -0.131. The van der Waals surface area contributed by atoms with Crippen molar-refractivity contribution in [1.29, 1.82) is 0 Å². The predicted molar refractivity (Wildman–Crippen MR) is 72.6 cm³/mol. The molecule has 0 aliphatic carbocycles. The second kappa shape index (κ2) is 8.53. The van der Waals surface area contributed by atoms with Gasteiger partial charge in [-0.2, -0.15) is 0 Å². The molecule has 3 N–H and O–H groups in total. The van der Waals surface area contributed by atoms with Crippen LogP contribution < -0.4 is 10.6 Å². The number of amides is 2. The molecule has 18 heavy (non-hydrogen) atoms. The van der Waals surface area contributed by atoms with E-state index < -0.39 is 0 Å². The first kappa shape index (κ1) is 14.5. The molecule has 0 aromatic heterocycles. The van der Waals surface area contributed by atoms with E-state index in [1.54, 1.807) is 0 Å². The summed E-state index contributed by atoms with van der Waals surface area (Å²) in [6.07, 6.45) is 1.56. The summed E-state index contributed by atoms with van der Waals surface area (Å²) in [7, 11) is 0. The van der Waals surface area contributed by atoms with Crippen molar-refractivity contribution in [2.45, 2.75) is 25.7 Å². The lowest BCUT2D eigenvalue weighted by molar-refractivity contribution is 0.240. The van der Waals surface area contributed by atoms with Crippen molar-refractivity contribution in [1.82, 2.24) is 10.6 Å². The minimum Gasteiger partial charge on any atom is -0.396 e. The van der Waals surface area contributed by atoms with Gasteiger partial charge in [-0.05, 0) is 31.2 Å². The monoisotopic (exact) mass is 250 g/mol. The maximum atomic E-state index is 11.2. The Kier molecular flexibility index (Phi) is 6.87. The molecule has 0 spiro atoms. The smallest absolute Gasteiger partial charge is 0.314 e. The maximum absolute atomic E-state index is 11.2. The number of urea groups is 1. The van der Waals surface area contributed by atoms with Crippen LogP contribution in [0.2, 0.25) is 0 Å². The van der Waals surface area contributed by atoms with Crippen LogP contribution in [0.3, 0.4) is 0 Å². The van der Waals surface area contributed by atoms with Crippen molar-refractivity contribution in [3.05, 3.63) is 35.9 Å². The van der Waals surface area contributed by atoms with E-state index in [9.17, 15) is 4.79 Å². The lowest BCUT2D eigenvalue weighted by atomic mass is 9.93. The number of hydrogen-bond acceptors (Lipinski definition) is 2. The van der Waals surface area contributed by atoms with E-state index in [0.29, 0.717) is 13.1 Å². The number of nitrogens with one attached hydrogen (secondary N) is 2. The van der Waals surface area contributed by atoms with Gasteiger partial charge in [-0.15, -0.1) is 0 Å². The van der Waals surface area contributed by atoms with Crippen LogP contribution >= 0.6 is 0 Å². The van der Waals surface area contributed by atoms with Gasteiger partial charge >= 0.3 is 6.03 Å². The molecule has 100 valence electrons. The first-order valence-electron chi connectivity index (χ1n) is 6.45. The Morgan fingerprint density at radius 1 is 1.22 bits per heavy atom. The van der Waals surface area contributed by atoms with Gasteiger partial charge in [-0.25, -0.2) is 4.79 Å². The van der Waals surface area contributed by atoms with Gasteiger partial charge in [-0.3, -0.25) is 0 Å². The Balaban J connectivity index is 2.42. The number of carbonyl (C=O) groups is 1. The van der Waals surface area contributed by atoms with Crippen molar-refractivity contribution in [2.24, 2.45) is 0 Å². The standard InChI is InChI=1S/C14H22N2O2/c1-2-15-14(18)16-10-8-13(9-11-17)12-6-4-3-5-7-12/h3-7,13,17H,2,8-11H2,1H3,(H2,15,16,18). The molecule has 0 bridgehead atoms. The number of benzene rings is 1. The summed E-state index contributed by atoms with van der Waals surface area (Å²) >= 11 is 0. The van der Waals surface area contributed by atoms with E-state index in [2.05, 4.69) is 22.8 Å². The lowest BCUT2D eigenvalue weighted by Crippen LogP contribution is -2.36. The van der Waals surface area contributed by atoms with Crippen molar-refractivity contribution in [3.8, 4) is 0 Å². The summed E-state index contributed by atoms with van der Waals surface area (Å²) in [6, 6.07) is 9.97. The van der Waals surface area contributed by atoms with E-state index in [0.717, 1.165) is 12.8 Å². The van der Waals surface area contributed by atoms with Gasteiger partial charge in [0.25, 0.3) is 0 Å². The van der Waals surface area contributed by atoms with Gasteiger partial charge in [0.05, 0.1) is 0 Å². The molecule has 0 fully saturated rings. The van der Waals surface area contributed by atoms with Gasteiger partial charge in [0.1, 0.15) is 0 Å². The molecule has 0 aliphatic heterocycles. The van der Waals surface area contributed by atoms with Crippen LogP contribution in [0.1, 0.15) is 31.2 Å². The van der Waals surface area contributed by atoms with Crippen LogP contribution in [0.4, 0.5) is 4.79 Å². The van der Waals surface area contributed by atoms with Crippen molar-refractivity contribution in [3.63, 3.8) is 0 Å². The number of carbonyl (C=O) groups excluding carboxylic acids is 1. The molecular weight excluding hydrogens is 228 g/mol. The number of aliphatic hydroxyl groups is 1. The molecule has 4 nitrogen and oxygen atoms in total. The van der Waals surface area contributed by atoms with E-state index in [4.69, 9.17) is 5.11 Å². The van der Waals surface area contributed by atoms with Crippen LogP contribution in [-0.2, 0) is 0 Å². The minimum absolute atomic E-state index is 0.131. The molecule has 1 rings (SSSR count). The quantitative estimate of drug-likeness (QED) is 0.691. The fourth-order valence-corrected chi connectivity index (χ4v) is 1.94. The third kappa shape index (κ3) is 5.19. The van der Waals surface area contributed by atoms with E-state index >= 15 is 0 Å². The van der Waals surface area contributed by atoms with E-state index in [-0.39, 0.29) is 18.6 Å². The SMILES string of the molecule is CCNC(=O)NCCC(CCO)c1ccccc1. The molecule has 0 aliphatic rings. The Morgan fingerprint density at radius 3 is 2.56 bits per heavy atom. The molecule has 1 aromatic rings. The summed E-state index contributed by atoms with van der Waals surface area (Å²) in [5.74, 6) is 0.290. The van der Waals surface area contributed by atoms with Crippen LogP contribution in [0.5, 0.6) is 0 Å². The summed E-state index contributed by atoms with van der Waals surface area (Å²) in [4.78, 5) is 11.2. The van der Waals surface area contributed by atoms with Crippen LogP contribution in [-0.4, -0.2) is 30.8 Å².